The van der Waals surface area contributed by atoms with Gasteiger partial charge in [-0.15, -0.1) is 0 Å². The van der Waals surface area contributed by atoms with Crippen LogP contribution in [0.5, 0.6) is 0 Å². The second-order valence-electron chi connectivity index (χ2n) is 4.54. The lowest BCUT2D eigenvalue weighted by Crippen LogP contribution is -2.38. The predicted octanol–water partition coefficient (Wildman–Crippen LogP) is 1.83. The number of hydrogen-bond donors (Lipinski definition) is 2. The molecule has 1 saturated carbocycles. The number of aliphatic hydroxyl groups excluding tert-OH is 1. The number of pyridine rings is 1. The average molecular weight is 325 g/mol. The highest BCUT2D eigenvalue weighted by molar-refractivity contribution is 7.89. The Morgan fingerprint density at radius 1 is 1.42 bits per heavy atom. The monoisotopic (exact) mass is 324 g/mol. The van der Waals surface area contributed by atoms with Gasteiger partial charge in [0.05, 0.1) is 5.02 Å². The molecule has 19 heavy (non-hydrogen) atoms. The Balaban J connectivity index is 2.20. The molecule has 0 saturated heterocycles. The summed E-state index contributed by atoms with van der Waals surface area (Å²) in [5.41, 5.74) is 0. The van der Waals surface area contributed by atoms with Crippen LogP contribution in [0.4, 0.5) is 0 Å². The summed E-state index contributed by atoms with van der Waals surface area (Å²) in [5, 5.41) is 9.36. The Bertz CT molecular complexity index is 565. The van der Waals surface area contributed by atoms with Gasteiger partial charge in [-0.05, 0) is 24.8 Å². The Hall–Kier alpha value is -0.400. The van der Waals surface area contributed by atoms with Crippen LogP contribution in [-0.4, -0.2) is 31.2 Å². The van der Waals surface area contributed by atoms with Gasteiger partial charge in [-0.1, -0.05) is 29.6 Å². The summed E-state index contributed by atoms with van der Waals surface area (Å²) in [5.74, 6) is -0.0366. The zero-order valence-electron chi connectivity index (χ0n) is 10.0. The highest BCUT2D eigenvalue weighted by Crippen LogP contribution is 2.27. The fourth-order valence-electron chi connectivity index (χ4n) is 2.23. The number of halogens is 2. The van der Waals surface area contributed by atoms with Crippen molar-refractivity contribution < 1.29 is 13.5 Å². The van der Waals surface area contributed by atoms with Gasteiger partial charge in [0.25, 0.3) is 0 Å². The molecule has 0 radical (unpaired) electrons. The van der Waals surface area contributed by atoms with Crippen molar-refractivity contribution in [2.45, 2.75) is 30.2 Å². The minimum absolute atomic E-state index is 0.0210. The second kappa shape index (κ2) is 5.93. The van der Waals surface area contributed by atoms with Crippen LogP contribution in [0.2, 0.25) is 10.2 Å². The smallest absolute Gasteiger partial charge is 0.242 e. The molecule has 0 aromatic carbocycles. The number of sulfonamides is 1. The third kappa shape index (κ3) is 3.38. The fraction of sp³-hybridized carbons (Fsp3) is 0.545. The van der Waals surface area contributed by atoms with Gasteiger partial charge in [-0.3, -0.25) is 0 Å². The van der Waals surface area contributed by atoms with E-state index in [9.17, 15) is 13.5 Å². The standard InChI is InChI=1S/C11H14Cl2N2O3S/c12-9-4-8(5-14-11(9)13)19(17,18)15-10-3-1-2-7(10)6-16/h4-5,7,10,15-16H,1-3,6H2. The number of hydrogen-bond acceptors (Lipinski definition) is 4. The van der Waals surface area contributed by atoms with Crippen molar-refractivity contribution in [3.05, 3.63) is 22.4 Å². The van der Waals surface area contributed by atoms with Gasteiger partial charge in [0, 0.05) is 18.8 Å². The van der Waals surface area contributed by atoms with E-state index >= 15 is 0 Å². The lowest BCUT2D eigenvalue weighted by molar-refractivity contribution is 0.213. The Kier molecular flexibility index (Phi) is 4.68. The molecule has 1 aliphatic carbocycles. The van der Waals surface area contributed by atoms with Gasteiger partial charge in [-0.2, -0.15) is 0 Å². The molecule has 2 rings (SSSR count). The van der Waals surface area contributed by atoms with Crippen LogP contribution in [0.15, 0.2) is 17.2 Å². The molecule has 1 fully saturated rings. The van der Waals surface area contributed by atoms with Crippen LogP contribution in [0.1, 0.15) is 19.3 Å². The largest absolute Gasteiger partial charge is 0.396 e. The van der Waals surface area contributed by atoms with Gasteiger partial charge in [0.15, 0.2) is 0 Å². The molecule has 5 nitrogen and oxygen atoms in total. The zero-order valence-corrected chi connectivity index (χ0v) is 12.3. The summed E-state index contributed by atoms with van der Waals surface area (Å²) in [4.78, 5) is 3.70. The molecule has 1 aliphatic rings. The first-order valence-electron chi connectivity index (χ1n) is 5.88. The molecule has 1 aromatic rings. The molecule has 106 valence electrons. The van der Waals surface area contributed by atoms with Gasteiger partial charge in [0.2, 0.25) is 10.0 Å². The van der Waals surface area contributed by atoms with E-state index in [2.05, 4.69) is 9.71 Å². The number of rotatable bonds is 4. The molecule has 2 N–H and O–H groups in total. The maximum Gasteiger partial charge on any atom is 0.242 e. The molecule has 0 bridgehead atoms. The summed E-state index contributed by atoms with van der Waals surface area (Å²) in [7, 11) is -3.69. The van der Waals surface area contributed by atoms with Crippen LogP contribution in [0, 0.1) is 5.92 Å². The third-order valence-corrected chi connectivity index (χ3v) is 5.42. The van der Waals surface area contributed by atoms with Crippen molar-refractivity contribution in [2.75, 3.05) is 6.61 Å². The predicted molar refractivity (Wildman–Crippen MR) is 72.8 cm³/mol. The molecule has 2 atom stereocenters. The molecule has 8 heteroatoms. The van der Waals surface area contributed by atoms with E-state index in [1.54, 1.807) is 0 Å². The van der Waals surface area contributed by atoms with E-state index < -0.39 is 10.0 Å². The maximum absolute atomic E-state index is 12.2. The van der Waals surface area contributed by atoms with E-state index in [0.29, 0.717) is 0 Å². The number of nitrogens with zero attached hydrogens (tertiary/aromatic N) is 1. The van der Waals surface area contributed by atoms with Crippen LogP contribution < -0.4 is 4.72 Å². The van der Waals surface area contributed by atoms with Crippen molar-refractivity contribution in [1.29, 1.82) is 0 Å². The average Bonchev–Trinajstić information content (AvgIpc) is 2.79. The maximum atomic E-state index is 12.2. The molecular weight excluding hydrogens is 311 g/mol. The fourth-order valence-corrected chi connectivity index (χ4v) is 3.87. The van der Waals surface area contributed by atoms with Crippen molar-refractivity contribution >= 4 is 33.2 Å². The SMILES string of the molecule is O=S(=O)(NC1CCCC1CO)c1cnc(Cl)c(Cl)c1. The first-order chi connectivity index (χ1) is 8.94. The van der Waals surface area contributed by atoms with Crippen molar-refractivity contribution in [3.63, 3.8) is 0 Å². The Morgan fingerprint density at radius 3 is 2.79 bits per heavy atom. The normalized spacial score (nSPS) is 23.7. The lowest BCUT2D eigenvalue weighted by Gasteiger charge is -2.18. The van der Waals surface area contributed by atoms with E-state index in [1.165, 1.54) is 12.3 Å². The summed E-state index contributed by atoms with van der Waals surface area (Å²) in [6, 6.07) is 1.02. The molecule has 1 aromatic heterocycles. The van der Waals surface area contributed by atoms with Gasteiger partial charge < -0.3 is 5.11 Å². The zero-order chi connectivity index (χ0) is 14.0. The Morgan fingerprint density at radius 2 is 2.16 bits per heavy atom. The summed E-state index contributed by atoms with van der Waals surface area (Å²) < 4.78 is 26.9. The van der Waals surface area contributed by atoms with Crippen LogP contribution in [-0.2, 0) is 10.0 Å². The van der Waals surface area contributed by atoms with Crippen molar-refractivity contribution in [3.8, 4) is 0 Å². The highest BCUT2D eigenvalue weighted by Gasteiger charge is 2.31. The summed E-state index contributed by atoms with van der Waals surface area (Å²) in [6.07, 6.45) is 3.61. The van der Waals surface area contributed by atoms with Gasteiger partial charge in [-0.25, -0.2) is 18.1 Å². The molecule has 2 unspecified atom stereocenters. The molecule has 0 amide bonds. The minimum Gasteiger partial charge on any atom is -0.396 e. The molecular formula is C11H14Cl2N2O3S. The van der Waals surface area contributed by atoms with Crippen LogP contribution in [0.3, 0.4) is 0 Å². The van der Waals surface area contributed by atoms with Crippen molar-refractivity contribution in [2.24, 2.45) is 5.92 Å². The summed E-state index contributed by atoms with van der Waals surface area (Å²) in [6.45, 7) is -0.0210. The quantitative estimate of drug-likeness (QED) is 0.828. The number of aromatic nitrogens is 1. The van der Waals surface area contributed by atoms with Crippen LogP contribution >= 0.6 is 23.2 Å². The van der Waals surface area contributed by atoms with Crippen LogP contribution in [0.25, 0.3) is 0 Å². The highest BCUT2D eigenvalue weighted by atomic mass is 35.5. The third-order valence-electron chi connectivity index (χ3n) is 3.28. The van der Waals surface area contributed by atoms with Gasteiger partial charge in [0.1, 0.15) is 10.0 Å². The topological polar surface area (TPSA) is 79.3 Å². The van der Waals surface area contributed by atoms with Gasteiger partial charge >= 0.3 is 0 Å². The minimum atomic E-state index is -3.69. The Labute approximate surface area is 122 Å². The second-order valence-corrected chi connectivity index (χ2v) is 7.02. The first-order valence-corrected chi connectivity index (χ1v) is 8.12. The van der Waals surface area contributed by atoms with E-state index in [0.717, 1.165) is 19.3 Å². The van der Waals surface area contributed by atoms with E-state index in [-0.39, 0.29) is 33.6 Å². The van der Waals surface area contributed by atoms with Crippen molar-refractivity contribution in [1.82, 2.24) is 9.71 Å². The number of nitrogens with one attached hydrogen (secondary N) is 1. The molecule has 0 spiro atoms. The first kappa shape index (κ1) is 15.0. The molecule has 1 heterocycles. The molecule has 0 aliphatic heterocycles. The van der Waals surface area contributed by atoms with E-state index in [4.69, 9.17) is 23.2 Å². The number of aliphatic hydroxyl groups is 1. The lowest BCUT2D eigenvalue weighted by atomic mass is 10.1. The van der Waals surface area contributed by atoms with E-state index in [1.807, 2.05) is 0 Å². The summed E-state index contributed by atoms with van der Waals surface area (Å²) >= 11 is 11.4.